The third-order valence-electron chi connectivity index (χ3n) is 3.73. The van der Waals surface area contributed by atoms with Crippen LogP contribution in [0.2, 0.25) is 0 Å². The number of hydrogen-bond acceptors (Lipinski definition) is 4. The molecule has 0 unspecified atom stereocenters. The van der Waals surface area contributed by atoms with Crippen LogP contribution < -0.4 is 20.1 Å². The molecule has 1 amide bonds. The minimum absolute atomic E-state index is 0.0890. The summed E-state index contributed by atoms with van der Waals surface area (Å²) < 4.78 is 23.2. The summed E-state index contributed by atoms with van der Waals surface area (Å²) in [4.78, 5) is 11.9. The molecule has 25 heavy (non-hydrogen) atoms. The summed E-state index contributed by atoms with van der Waals surface area (Å²) in [5.74, 6) is 0.951. The van der Waals surface area contributed by atoms with Crippen LogP contribution in [0.5, 0.6) is 11.5 Å². The molecule has 0 aliphatic rings. The van der Waals surface area contributed by atoms with E-state index in [0.29, 0.717) is 24.6 Å². The Kier molecular flexibility index (Phi) is 7.22. The number of ether oxygens (including phenoxy) is 2. The fourth-order valence-electron chi connectivity index (χ4n) is 2.34. The topological polar surface area (TPSA) is 59.6 Å². The summed E-state index contributed by atoms with van der Waals surface area (Å²) >= 11 is 0. The fraction of sp³-hybridized carbons (Fsp3) is 0.316. The molecule has 2 aromatic carbocycles. The maximum Gasteiger partial charge on any atom is 0.234 e. The minimum atomic E-state index is -0.244. The van der Waals surface area contributed by atoms with Crippen molar-refractivity contribution in [2.45, 2.75) is 13.0 Å². The van der Waals surface area contributed by atoms with Crippen LogP contribution in [0.3, 0.4) is 0 Å². The highest BCUT2D eigenvalue weighted by Gasteiger charge is 2.06. The maximum atomic E-state index is 12.8. The van der Waals surface area contributed by atoms with Crippen LogP contribution in [-0.2, 0) is 17.8 Å². The predicted molar refractivity (Wildman–Crippen MR) is 94.4 cm³/mol. The summed E-state index contributed by atoms with van der Waals surface area (Å²) in [6, 6.07) is 11.9. The summed E-state index contributed by atoms with van der Waals surface area (Å²) in [5.41, 5.74) is 1.96. The van der Waals surface area contributed by atoms with E-state index >= 15 is 0 Å². The zero-order valence-electron chi connectivity index (χ0n) is 14.5. The Morgan fingerprint density at radius 3 is 2.36 bits per heavy atom. The van der Waals surface area contributed by atoms with Gasteiger partial charge < -0.3 is 20.1 Å². The highest BCUT2D eigenvalue weighted by atomic mass is 19.1. The molecule has 5 nitrogen and oxygen atoms in total. The van der Waals surface area contributed by atoms with Crippen molar-refractivity contribution in [3.05, 3.63) is 59.4 Å². The van der Waals surface area contributed by atoms with Crippen molar-refractivity contribution in [3.8, 4) is 11.5 Å². The standard InChI is InChI=1S/C19H23FN2O3/c1-24-17-8-5-15(11-18(17)25-2)12-22-19(23)13-21-10-9-14-3-6-16(20)7-4-14/h3-8,11,21H,9-10,12-13H2,1-2H3,(H,22,23). The Morgan fingerprint density at radius 2 is 1.68 bits per heavy atom. The minimum Gasteiger partial charge on any atom is -0.493 e. The highest BCUT2D eigenvalue weighted by Crippen LogP contribution is 2.27. The molecule has 0 atom stereocenters. The van der Waals surface area contributed by atoms with Gasteiger partial charge in [-0.1, -0.05) is 18.2 Å². The van der Waals surface area contributed by atoms with Gasteiger partial charge in [-0.25, -0.2) is 4.39 Å². The lowest BCUT2D eigenvalue weighted by atomic mass is 10.1. The lowest BCUT2D eigenvalue weighted by Crippen LogP contribution is -2.34. The molecule has 0 aromatic heterocycles. The van der Waals surface area contributed by atoms with Gasteiger partial charge >= 0.3 is 0 Å². The van der Waals surface area contributed by atoms with Gasteiger partial charge in [-0.05, 0) is 48.4 Å². The van der Waals surface area contributed by atoms with Gasteiger partial charge in [-0.3, -0.25) is 4.79 Å². The molecule has 0 spiro atoms. The van der Waals surface area contributed by atoms with Crippen LogP contribution >= 0.6 is 0 Å². The van der Waals surface area contributed by atoms with Crippen molar-refractivity contribution < 1.29 is 18.7 Å². The van der Waals surface area contributed by atoms with Gasteiger partial charge in [0.1, 0.15) is 5.82 Å². The molecule has 0 saturated carbocycles. The number of halogens is 1. The monoisotopic (exact) mass is 346 g/mol. The number of carbonyl (C=O) groups excluding carboxylic acids is 1. The van der Waals surface area contributed by atoms with E-state index in [4.69, 9.17) is 9.47 Å². The molecular formula is C19H23FN2O3. The number of hydrogen-bond donors (Lipinski definition) is 2. The Balaban J connectivity index is 1.69. The summed E-state index contributed by atoms with van der Waals surface area (Å²) in [6.07, 6.45) is 0.739. The smallest absolute Gasteiger partial charge is 0.234 e. The average Bonchev–Trinajstić information content (AvgIpc) is 2.64. The van der Waals surface area contributed by atoms with E-state index < -0.39 is 0 Å². The molecule has 2 aromatic rings. The molecule has 0 aliphatic heterocycles. The number of nitrogens with one attached hydrogen (secondary N) is 2. The Hall–Kier alpha value is -2.60. The lowest BCUT2D eigenvalue weighted by Gasteiger charge is -2.10. The van der Waals surface area contributed by atoms with Crippen molar-refractivity contribution in [2.75, 3.05) is 27.3 Å². The molecule has 2 rings (SSSR count). The number of methoxy groups -OCH3 is 2. The lowest BCUT2D eigenvalue weighted by molar-refractivity contribution is -0.120. The van der Waals surface area contributed by atoms with E-state index in [2.05, 4.69) is 10.6 Å². The highest BCUT2D eigenvalue weighted by molar-refractivity contribution is 5.78. The Morgan fingerprint density at radius 1 is 1.00 bits per heavy atom. The second-order valence-corrected chi connectivity index (χ2v) is 5.52. The molecule has 6 heteroatoms. The normalized spacial score (nSPS) is 10.4. The van der Waals surface area contributed by atoms with E-state index in [1.165, 1.54) is 12.1 Å². The fourth-order valence-corrected chi connectivity index (χ4v) is 2.34. The first-order chi connectivity index (χ1) is 12.1. The second kappa shape index (κ2) is 9.64. The molecule has 0 fully saturated rings. The quantitative estimate of drug-likeness (QED) is 0.684. The Labute approximate surface area is 147 Å². The number of rotatable bonds is 9. The van der Waals surface area contributed by atoms with Crippen LogP contribution in [0, 0.1) is 5.82 Å². The van der Waals surface area contributed by atoms with E-state index in [0.717, 1.165) is 17.5 Å². The first kappa shape index (κ1) is 18.7. The molecule has 0 radical (unpaired) electrons. The molecule has 0 heterocycles. The van der Waals surface area contributed by atoms with Crippen LogP contribution in [-0.4, -0.2) is 33.2 Å². The van der Waals surface area contributed by atoms with Crippen molar-refractivity contribution in [3.63, 3.8) is 0 Å². The van der Waals surface area contributed by atoms with E-state index in [9.17, 15) is 9.18 Å². The van der Waals surface area contributed by atoms with Crippen molar-refractivity contribution in [2.24, 2.45) is 0 Å². The van der Waals surface area contributed by atoms with E-state index in [1.807, 2.05) is 12.1 Å². The van der Waals surface area contributed by atoms with Gasteiger partial charge in [0.25, 0.3) is 0 Å². The molecule has 0 aliphatic carbocycles. The van der Waals surface area contributed by atoms with Gasteiger partial charge in [0.05, 0.1) is 20.8 Å². The largest absolute Gasteiger partial charge is 0.493 e. The van der Waals surface area contributed by atoms with E-state index in [1.54, 1.807) is 32.4 Å². The molecule has 0 bridgehead atoms. The zero-order valence-corrected chi connectivity index (χ0v) is 14.5. The average molecular weight is 346 g/mol. The second-order valence-electron chi connectivity index (χ2n) is 5.52. The van der Waals surface area contributed by atoms with Crippen LogP contribution in [0.4, 0.5) is 4.39 Å². The SMILES string of the molecule is COc1ccc(CNC(=O)CNCCc2ccc(F)cc2)cc1OC. The molecule has 2 N–H and O–H groups in total. The Bertz CT molecular complexity index is 690. The molecule has 0 saturated heterocycles. The summed E-state index contributed by atoms with van der Waals surface area (Å²) in [6.45, 7) is 1.29. The van der Waals surface area contributed by atoms with Crippen molar-refractivity contribution in [1.29, 1.82) is 0 Å². The van der Waals surface area contributed by atoms with Gasteiger partial charge in [0, 0.05) is 6.54 Å². The van der Waals surface area contributed by atoms with Crippen LogP contribution in [0.25, 0.3) is 0 Å². The van der Waals surface area contributed by atoms with Crippen molar-refractivity contribution in [1.82, 2.24) is 10.6 Å². The van der Waals surface area contributed by atoms with Crippen molar-refractivity contribution >= 4 is 5.91 Å². The number of amides is 1. The van der Waals surface area contributed by atoms with Crippen LogP contribution in [0.15, 0.2) is 42.5 Å². The summed E-state index contributed by atoms with van der Waals surface area (Å²) in [5, 5.41) is 5.92. The number of benzene rings is 2. The molecular weight excluding hydrogens is 323 g/mol. The zero-order chi connectivity index (χ0) is 18.1. The first-order valence-corrected chi connectivity index (χ1v) is 8.05. The maximum absolute atomic E-state index is 12.8. The van der Waals surface area contributed by atoms with Gasteiger partial charge in [0.15, 0.2) is 11.5 Å². The first-order valence-electron chi connectivity index (χ1n) is 8.05. The summed E-state index contributed by atoms with van der Waals surface area (Å²) in [7, 11) is 3.15. The van der Waals surface area contributed by atoms with E-state index in [-0.39, 0.29) is 18.3 Å². The van der Waals surface area contributed by atoms with Gasteiger partial charge in [0.2, 0.25) is 5.91 Å². The third-order valence-corrected chi connectivity index (χ3v) is 3.73. The van der Waals surface area contributed by atoms with Gasteiger partial charge in [-0.15, -0.1) is 0 Å². The van der Waals surface area contributed by atoms with Crippen LogP contribution in [0.1, 0.15) is 11.1 Å². The predicted octanol–water partition coefficient (Wildman–Crippen LogP) is 2.29. The third kappa shape index (κ3) is 6.08. The van der Waals surface area contributed by atoms with Gasteiger partial charge in [-0.2, -0.15) is 0 Å². The molecule has 134 valence electrons. The number of carbonyl (C=O) groups is 1.